The van der Waals surface area contributed by atoms with Crippen molar-refractivity contribution >= 4 is 0 Å². The molecule has 1 fully saturated rings. The molecule has 60 valence electrons. The molecular formula is C9H18O. The number of hydrogen-bond acceptors (Lipinski definition) is 1. The van der Waals surface area contributed by atoms with Gasteiger partial charge in [-0.1, -0.05) is 20.8 Å². The van der Waals surface area contributed by atoms with Crippen molar-refractivity contribution in [1.82, 2.24) is 0 Å². The summed E-state index contributed by atoms with van der Waals surface area (Å²) < 4.78 is 5.77. The van der Waals surface area contributed by atoms with Crippen LogP contribution < -0.4 is 0 Å². The highest BCUT2D eigenvalue weighted by molar-refractivity contribution is 4.77. The Hall–Kier alpha value is -0.0400. The molecule has 0 radical (unpaired) electrons. The Bertz CT molecular complexity index is 101. The van der Waals surface area contributed by atoms with Gasteiger partial charge in [-0.15, -0.1) is 0 Å². The van der Waals surface area contributed by atoms with E-state index in [2.05, 4.69) is 20.8 Å². The van der Waals surface area contributed by atoms with Gasteiger partial charge in [0, 0.05) is 0 Å². The number of hydrogen-bond donors (Lipinski definition) is 0. The molecule has 1 heterocycles. The second-order valence-corrected chi connectivity index (χ2v) is 3.33. The fraction of sp³-hybridized carbons (Fsp3) is 1.00. The van der Waals surface area contributed by atoms with Gasteiger partial charge in [-0.2, -0.15) is 0 Å². The van der Waals surface area contributed by atoms with Gasteiger partial charge in [-0.05, 0) is 25.2 Å². The van der Waals surface area contributed by atoms with Gasteiger partial charge in [0.15, 0.2) is 0 Å². The van der Waals surface area contributed by atoms with E-state index in [0.29, 0.717) is 12.2 Å². The van der Waals surface area contributed by atoms with Gasteiger partial charge in [0.2, 0.25) is 0 Å². The van der Waals surface area contributed by atoms with Gasteiger partial charge in [0.1, 0.15) is 0 Å². The van der Waals surface area contributed by atoms with E-state index in [0.717, 1.165) is 5.92 Å². The Morgan fingerprint density at radius 2 is 2.00 bits per heavy atom. The van der Waals surface area contributed by atoms with Crippen molar-refractivity contribution < 1.29 is 4.74 Å². The van der Waals surface area contributed by atoms with Crippen LogP contribution in [0, 0.1) is 5.92 Å². The Morgan fingerprint density at radius 3 is 2.30 bits per heavy atom. The molecule has 0 aromatic rings. The molecule has 0 aromatic heterocycles. The van der Waals surface area contributed by atoms with Crippen LogP contribution in [-0.2, 0) is 4.74 Å². The summed E-state index contributed by atoms with van der Waals surface area (Å²) in [7, 11) is 0. The first kappa shape index (κ1) is 8.06. The van der Waals surface area contributed by atoms with E-state index in [1.54, 1.807) is 0 Å². The molecule has 1 saturated heterocycles. The second-order valence-electron chi connectivity index (χ2n) is 3.33. The Balaban J connectivity index is 2.36. The zero-order valence-corrected chi connectivity index (χ0v) is 7.26. The topological polar surface area (TPSA) is 9.23 Å². The Morgan fingerprint density at radius 1 is 1.30 bits per heavy atom. The Labute approximate surface area is 63.8 Å². The van der Waals surface area contributed by atoms with E-state index < -0.39 is 0 Å². The molecule has 10 heavy (non-hydrogen) atoms. The highest BCUT2D eigenvalue weighted by Crippen LogP contribution is 2.29. The molecule has 1 rings (SSSR count). The molecule has 3 atom stereocenters. The molecule has 0 aliphatic carbocycles. The maximum Gasteiger partial charge on any atom is 0.0602 e. The van der Waals surface area contributed by atoms with Gasteiger partial charge in [0.25, 0.3) is 0 Å². The summed E-state index contributed by atoms with van der Waals surface area (Å²) >= 11 is 0. The van der Waals surface area contributed by atoms with Crippen LogP contribution >= 0.6 is 0 Å². The first-order valence-electron chi connectivity index (χ1n) is 4.43. The Kier molecular flexibility index (Phi) is 2.72. The third-order valence-corrected chi connectivity index (χ3v) is 2.49. The molecule has 0 amide bonds. The number of rotatable bonds is 2. The normalized spacial score (nSPS) is 40.5. The predicted molar refractivity (Wildman–Crippen MR) is 43.0 cm³/mol. The van der Waals surface area contributed by atoms with E-state index in [-0.39, 0.29) is 0 Å². The molecule has 0 spiro atoms. The van der Waals surface area contributed by atoms with E-state index in [4.69, 9.17) is 4.74 Å². The first-order valence-corrected chi connectivity index (χ1v) is 4.43. The van der Waals surface area contributed by atoms with Crippen molar-refractivity contribution in [2.45, 2.75) is 52.2 Å². The summed E-state index contributed by atoms with van der Waals surface area (Å²) in [5, 5.41) is 0. The third kappa shape index (κ3) is 1.51. The zero-order valence-electron chi connectivity index (χ0n) is 7.26. The maximum atomic E-state index is 5.77. The van der Waals surface area contributed by atoms with Crippen molar-refractivity contribution in [1.29, 1.82) is 0 Å². The summed E-state index contributed by atoms with van der Waals surface area (Å²) in [5.41, 5.74) is 0. The van der Waals surface area contributed by atoms with Crippen molar-refractivity contribution in [3.63, 3.8) is 0 Å². The molecule has 0 aromatic carbocycles. The highest BCUT2D eigenvalue weighted by Gasteiger charge is 2.29. The molecule has 0 bridgehead atoms. The van der Waals surface area contributed by atoms with E-state index in [9.17, 15) is 0 Å². The van der Waals surface area contributed by atoms with Crippen LogP contribution in [-0.4, -0.2) is 12.2 Å². The molecule has 1 heteroatoms. The minimum Gasteiger partial charge on any atom is -0.375 e. The van der Waals surface area contributed by atoms with Crippen LogP contribution in [0.25, 0.3) is 0 Å². The average molecular weight is 142 g/mol. The van der Waals surface area contributed by atoms with Crippen molar-refractivity contribution in [3.8, 4) is 0 Å². The third-order valence-electron chi connectivity index (χ3n) is 2.49. The van der Waals surface area contributed by atoms with Crippen LogP contribution in [0.4, 0.5) is 0 Å². The fourth-order valence-electron chi connectivity index (χ4n) is 1.76. The molecule has 1 aliphatic heterocycles. The zero-order chi connectivity index (χ0) is 7.56. The highest BCUT2D eigenvalue weighted by atomic mass is 16.5. The second kappa shape index (κ2) is 3.38. The fourth-order valence-corrected chi connectivity index (χ4v) is 1.76. The molecule has 3 unspecified atom stereocenters. The van der Waals surface area contributed by atoms with Crippen molar-refractivity contribution in [3.05, 3.63) is 0 Å². The lowest BCUT2D eigenvalue weighted by Crippen LogP contribution is -2.12. The van der Waals surface area contributed by atoms with Crippen LogP contribution in [0.15, 0.2) is 0 Å². The van der Waals surface area contributed by atoms with Gasteiger partial charge in [-0.3, -0.25) is 0 Å². The van der Waals surface area contributed by atoms with Crippen molar-refractivity contribution in [2.75, 3.05) is 0 Å². The maximum absolute atomic E-state index is 5.77. The lowest BCUT2D eigenvalue weighted by atomic mass is 9.99. The lowest BCUT2D eigenvalue weighted by molar-refractivity contribution is 0.0327. The van der Waals surface area contributed by atoms with Crippen LogP contribution in [0.5, 0.6) is 0 Å². The summed E-state index contributed by atoms with van der Waals surface area (Å²) in [5.74, 6) is 0.787. The monoisotopic (exact) mass is 142 g/mol. The largest absolute Gasteiger partial charge is 0.375 e. The average Bonchev–Trinajstić information content (AvgIpc) is 2.30. The number of ether oxygens (including phenoxy) is 1. The van der Waals surface area contributed by atoms with Crippen LogP contribution in [0.3, 0.4) is 0 Å². The van der Waals surface area contributed by atoms with Gasteiger partial charge in [0.05, 0.1) is 12.2 Å². The van der Waals surface area contributed by atoms with E-state index in [1.165, 1.54) is 19.3 Å². The molecular weight excluding hydrogens is 124 g/mol. The van der Waals surface area contributed by atoms with E-state index >= 15 is 0 Å². The van der Waals surface area contributed by atoms with Crippen LogP contribution in [0.1, 0.15) is 40.0 Å². The smallest absolute Gasteiger partial charge is 0.0602 e. The van der Waals surface area contributed by atoms with Gasteiger partial charge < -0.3 is 4.74 Å². The quantitative estimate of drug-likeness (QED) is 0.576. The minimum atomic E-state index is 0.546. The van der Waals surface area contributed by atoms with Gasteiger partial charge in [-0.25, -0.2) is 0 Å². The lowest BCUT2D eigenvalue weighted by Gasteiger charge is -2.11. The molecule has 0 N–H and O–H groups in total. The summed E-state index contributed by atoms with van der Waals surface area (Å²) in [6.45, 7) is 6.71. The predicted octanol–water partition coefficient (Wildman–Crippen LogP) is 2.60. The molecule has 0 saturated carbocycles. The van der Waals surface area contributed by atoms with E-state index in [1.807, 2.05) is 0 Å². The minimum absolute atomic E-state index is 0.546. The summed E-state index contributed by atoms with van der Waals surface area (Å²) in [6.07, 6.45) is 4.73. The van der Waals surface area contributed by atoms with Crippen LogP contribution in [0.2, 0.25) is 0 Å². The van der Waals surface area contributed by atoms with Gasteiger partial charge >= 0.3 is 0 Å². The summed E-state index contributed by atoms with van der Waals surface area (Å²) in [4.78, 5) is 0. The molecule has 1 aliphatic rings. The first-order chi connectivity index (χ1) is 4.77. The molecule has 1 nitrogen and oxygen atoms in total. The summed E-state index contributed by atoms with van der Waals surface area (Å²) in [6, 6.07) is 0. The SMILES string of the molecule is CCC1CC(C)C(CC)O1. The van der Waals surface area contributed by atoms with Crippen molar-refractivity contribution in [2.24, 2.45) is 5.92 Å². The standard InChI is InChI=1S/C9H18O/c1-4-8-6-7(3)9(5-2)10-8/h7-9H,4-6H2,1-3H3.